The monoisotopic (exact) mass is 308 g/mol. The Morgan fingerprint density at radius 1 is 1.17 bits per heavy atom. The fourth-order valence-electron chi connectivity index (χ4n) is 3.38. The maximum Gasteiger partial charge on any atom is 0.226 e. The molecule has 4 heteroatoms. The van der Waals surface area contributed by atoms with Crippen LogP contribution >= 0.6 is 0 Å². The van der Waals surface area contributed by atoms with Crippen LogP contribution in [0.1, 0.15) is 30.4 Å². The first-order valence-corrected chi connectivity index (χ1v) is 8.12. The van der Waals surface area contributed by atoms with E-state index in [0.717, 1.165) is 17.5 Å². The van der Waals surface area contributed by atoms with E-state index in [0.29, 0.717) is 18.5 Å². The molecule has 2 fully saturated rings. The minimum absolute atomic E-state index is 0.219. The molecule has 2 aliphatic rings. The molecule has 0 saturated heterocycles. The number of rotatable bonds is 5. The maximum absolute atomic E-state index is 12.9. The summed E-state index contributed by atoms with van der Waals surface area (Å²) in [4.78, 5) is 19.0. The van der Waals surface area contributed by atoms with Gasteiger partial charge in [0.05, 0.1) is 0 Å². The molecule has 1 aromatic heterocycles. The highest BCUT2D eigenvalue weighted by molar-refractivity contribution is 5.83. The molecule has 2 saturated carbocycles. The van der Waals surface area contributed by atoms with Crippen LogP contribution < -0.4 is 0 Å². The predicted molar refractivity (Wildman–Crippen MR) is 86.4 cm³/mol. The minimum atomic E-state index is 0.219. The van der Waals surface area contributed by atoms with Gasteiger partial charge in [0, 0.05) is 31.4 Å². The number of aromatic hydroxyl groups is 1. The van der Waals surface area contributed by atoms with Crippen molar-refractivity contribution < 1.29 is 9.90 Å². The summed E-state index contributed by atoms with van der Waals surface area (Å²) in [5.74, 6) is 0.730. The lowest BCUT2D eigenvalue weighted by molar-refractivity contribution is -0.134. The number of nitrogens with zero attached hydrogens (tertiary/aromatic N) is 2. The summed E-state index contributed by atoms with van der Waals surface area (Å²) in [5.41, 5.74) is 2.44. The zero-order chi connectivity index (χ0) is 15.9. The molecule has 1 amide bonds. The van der Waals surface area contributed by atoms with Gasteiger partial charge in [-0.3, -0.25) is 9.78 Å². The van der Waals surface area contributed by atoms with Gasteiger partial charge < -0.3 is 10.0 Å². The molecule has 1 N–H and O–H groups in total. The molecule has 118 valence electrons. The van der Waals surface area contributed by atoms with Crippen LogP contribution in [0.25, 0.3) is 0 Å². The Balaban J connectivity index is 1.52. The standard InChI is InChI=1S/C19H20N2O2/c22-16-5-3-14(4-6-16)12-21(13-15-2-1-9-20-11-15)18(23)17-10-19(17)7-8-19/h1-6,9,11,17,22H,7-8,10,12-13H2/t17-/m0/s1. The van der Waals surface area contributed by atoms with Gasteiger partial charge in [0.15, 0.2) is 0 Å². The number of hydrogen-bond donors (Lipinski definition) is 1. The zero-order valence-electron chi connectivity index (χ0n) is 13.0. The lowest BCUT2D eigenvalue weighted by Gasteiger charge is -2.23. The smallest absolute Gasteiger partial charge is 0.226 e. The van der Waals surface area contributed by atoms with E-state index in [2.05, 4.69) is 4.98 Å². The summed E-state index contributed by atoms with van der Waals surface area (Å²) in [7, 11) is 0. The molecular formula is C19H20N2O2. The second kappa shape index (κ2) is 5.37. The van der Waals surface area contributed by atoms with Crippen molar-refractivity contribution in [1.82, 2.24) is 9.88 Å². The Morgan fingerprint density at radius 3 is 2.52 bits per heavy atom. The summed E-state index contributed by atoms with van der Waals surface area (Å²) in [5, 5.41) is 9.42. The number of pyridine rings is 1. The van der Waals surface area contributed by atoms with Crippen molar-refractivity contribution in [2.45, 2.75) is 32.4 Å². The van der Waals surface area contributed by atoms with Crippen molar-refractivity contribution in [3.63, 3.8) is 0 Å². The largest absolute Gasteiger partial charge is 0.508 e. The number of phenolic OH excluding ortho intramolecular Hbond substituents is 1. The Kier molecular flexibility index (Phi) is 3.33. The molecule has 4 nitrogen and oxygen atoms in total. The molecule has 2 aromatic rings. The van der Waals surface area contributed by atoms with Crippen LogP contribution in [0.4, 0.5) is 0 Å². The Hall–Kier alpha value is -2.36. The summed E-state index contributed by atoms with van der Waals surface area (Å²) in [6.45, 7) is 1.15. The normalized spacial score (nSPS) is 20.3. The first-order chi connectivity index (χ1) is 11.2. The Labute approximate surface area is 135 Å². The molecule has 4 rings (SSSR count). The number of carbonyl (C=O) groups excluding carboxylic acids is 1. The van der Waals surface area contributed by atoms with Crippen LogP contribution in [0.2, 0.25) is 0 Å². The molecule has 1 atom stereocenters. The van der Waals surface area contributed by atoms with E-state index in [1.807, 2.05) is 35.4 Å². The molecule has 0 aliphatic heterocycles. The number of carbonyl (C=O) groups is 1. The van der Waals surface area contributed by atoms with Crippen molar-refractivity contribution in [2.24, 2.45) is 11.3 Å². The molecular weight excluding hydrogens is 288 g/mol. The highest BCUT2D eigenvalue weighted by atomic mass is 16.3. The summed E-state index contributed by atoms with van der Waals surface area (Å²) in [6, 6.07) is 11.0. The molecule has 23 heavy (non-hydrogen) atoms. The van der Waals surface area contributed by atoms with E-state index in [1.165, 1.54) is 12.8 Å². The summed E-state index contributed by atoms with van der Waals surface area (Å²) in [6.07, 6.45) is 7.05. The predicted octanol–water partition coefficient (Wildman–Crippen LogP) is 3.12. The Bertz CT molecular complexity index is 708. The average molecular weight is 308 g/mol. The summed E-state index contributed by atoms with van der Waals surface area (Å²) < 4.78 is 0. The highest BCUT2D eigenvalue weighted by Gasteiger charge is 2.66. The third-order valence-electron chi connectivity index (χ3n) is 5.10. The Morgan fingerprint density at radius 2 is 1.91 bits per heavy atom. The number of benzene rings is 1. The van der Waals surface area contributed by atoms with Crippen LogP contribution in [0.3, 0.4) is 0 Å². The fourth-order valence-corrected chi connectivity index (χ4v) is 3.38. The first kappa shape index (κ1) is 14.2. The third kappa shape index (κ3) is 2.93. The zero-order valence-corrected chi connectivity index (χ0v) is 13.0. The molecule has 1 aromatic carbocycles. The van der Waals surface area contributed by atoms with E-state index in [4.69, 9.17) is 0 Å². The van der Waals surface area contributed by atoms with E-state index in [9.17, 15) is 9.90 Å². The van der Waals surface area contributed by atoms with Crippen molar-refractivity contribution in [3.8, 4) is 5.75 Å². The number of phenols is 1. The highest BCUT2D eigenvalue weighted by Crippen LogP contribution is 2.71. The number of hydrogen-bond acceptors (Lipinski definition) is 3. The third-order valence-corrected chi connectivity index (χ3v) is 5.10. The number of amides is 1. The minimum Gasteiger partial charge on any atom is -0.508 e. The molecule has 1 heterocycles. The van der Waals surface area contributed by atoms with Gasteiger partial charge in [-0.05, 0) is 54.0 Å². The van der Waals surface area contributed by atoms with Gasteiger partial charge in [0.1, 0.15) is 5.75 Å². The SMILES string of the molecule is O=C([C@@H]1CC12CC2)N(Cc1ccc(O)cc1)Cc1cccnc1. The van der Waals surface area contributed by atoms with E-state index >= 15 is 0 Å². The quantitative estimate of drug-likeness (QED) is 0.923. The van der Waals surface area contributed by atoms with E-state index in [-0.39, 0.29) is 17.6 Å². The molecule has 0 unspecified atom stereocenters. The van der Waals surface area contributed by atoms with Crippen LogP contribution in [-0.4, -0.2) is 20.9 Å². The second-order valence-electron chi connectivity index (χ2n) is 6.84. The first-order valence-electron chi connectivity index (χ1n) is 8.12. The van der Waals surface area contributed by atoms with Crippen molar-refractivity contribution in [3.05, 3.63) is 59.9 Å². The van der Waals surface area contributed by atoms with Gasteiger partial charge >= 0.3 is 0 Å². The van der Waals surface area contributed by atoms with Gasteiger partial charge in [-0.25, -0.2) is 0 Å². The van der Waals surface area contributed by atoms with E-state index in [1.54, 1.807) is 18.3 Å². The molecule has 1 spiro atoms. The van der Waals surface area contributed by atoms with Gasteiger partial charge in [0.2, 0.25) is 5.91 Å². The van der Waals surface area contributed by atoms with E-state index < -0.39 is 0 Å². The fraction of sp³-hybridized carbons (Fsp3) is 0.368. The lowest BCUT2D eigenvalue weighted by Crippen LogP contribution is -2.32. The van der Waals surface area contributed by atoms with Crippen molar-refractivity contribution in [1.29, 1.82) is 0 Å². The van der Waals surface area contributed by atoms with Crippen LogP contribution in [0.15, 0.2) is 48.8 Å². The summed E-state index contributed by atoms with van der Waals surface area (Å²) >= 11 is 0. The number of aromatic nitrogens is 1. The van der Waals surface area contributed by atoms with Crippen LogP contribution in [0, 0.1) is 11.3 Å². The molecule has 2 aliphatic carbocycles. The van der Waals surface area contributed by atoms with Gasteiger partial charge in [-0.1, -0.05) is 18.2 Å². The molecule has 0 bridgehead atoms. The van der Waals surface area contributed by atoms with Crippen LogP contribution in [-0.2, 0) is 17.9 Å². The van der Waals surface area contributed by atoms with Gasteiger partial charge in [-0.15, -0.1) is 0 Å². The topological polar surface area (TPSA) is 53.4 Å². The van der Waals surface area contributed by atoms with Crippen molar-refractivity contribution in [2.75, 3.05) is 0 Å². The van der Waals surface area contributed by atoms with Gasteiger partial charge in [0.25, 0.3) is 0 Å². The maximum atomic E-state index is 12.9. The lowest BCUT2D eigenvalue weighted by atomic mass is 10.1. The second-order valence-corrected chi connectivity index (χ2v) is 6.84. The van der Waals surface area contributed by atoms with Crippen LogP contribution in [0.5, 0.6) is 5.75 Å². The average Bonchev–Trinajstić information content (AvgIpc) is 3.49. The van der Waals surface area contributed by atoms with Gasteiger partial charge in [-0.2, -0.15) is 0 Å². The van der Waals surface area contributed by atoms with Crippen molar-refractivity contribution >= 4 is 5.91 Å². The molecule has 0 radical (unpaired) electrons.